The summed E-state index contributed by atoms with van der Waals surface area (Å²) in [5.74, 6) is 0.948. The van der Waals surface area contributed by atoms with Gasteiger partial charge in [-0.25, -0.2) is 0 Å². The van der Waals surface area contributed by atoms with E-state index in [9.17, 15) is 4.79 Å². The maximum absolute atomic E-state index is 13.0. The Morgan fingerprint density at radius 1 is 1.17 bits per heavy atom. The van der Waals surface area contributed by atoms with Crippen LogP contribution in [0.4, 0.5) is 0 Å². The van der Waals surface area contributed by atoms with Crippen LogP contribution in [0, 0.1) is 11.8 Å². The summed E-state index contributed by atoms with van der Waals surface area (Å²) in [5, 5.41) is 10.3. The number of H-pyrrole nitrogens is 1. The van der Waals surface area contributed by atoms with Crippen LogP contribution in [0.15, 0.2) is 41.9 Å². The number of rotatable bonds is 2. The molecule has 1 fully saturated rings. The Bertz CT molecular complexity index is 935. The number of aromatic amines is 1. The van der Waals surface area contributed by atoms with E-state index >= 15 is 0 Å². The largest absolute Gasteiger partial charge is 0.294 e. The van der Waals surface area contributed by atoms with E-state index in [0.717, 1.165) is 40.6 Å². The van der Waals surface area contributed by atoms with Gasteiger partial charge in [0.25, 0.3) is 0 Å². The molecule has 0 aliphatic heterocycles. The van der Waals surface area contributed by atoms with E-state index in [-0.39, 0.29) is 5.92 Å². The van der Waals surface area contributed by atoms with Crippen molar-refractivity contribution in [1.29, 1.82) is 0 Å². The van der Waals surface area contributed by atoms with Crippen LogP contribution in [0.25, 0.3) is 22.0 Å². The molecule has 2 heterocycles. The van der Waals surface area contributed by atoms with Crippen LogP contribution >= 0.6 is 11.3 Å². The topological polar surface area (TPSA) is 45.8 Å². The average Bonchev–Trinajstić information content (AvgIpc) is 3.33. The number of carbonyl (C=O) groups is 1. The minimum absolute atomic E-state index is 0.196. The molecule has 0 spiro atoms. The molecule has 3 aromatic rings. The van der Waals surface area contributed by atoms with Gasteiger partial charge in [0.1, 0.15) is 0 Å². The van der Waals surface area contributed by atoms with E-state index in [1.54, 1.807) is 11.3 Å². The van der Waals surface area contributed by atoms with Crippen LogP contribution in [0.2, 0.25) is 0 Å². The molecule has 1 saturated carbocycles. The first-order chi connectivity index (χ1) is 11.3. The summed E-state index contributed by atoms with van der Waals surface area (Å²) in [7, 11) is 0. The highest BCUT2D eigenvalue weighted by Gasteiger charge is 2.45. The number of hydrogen-bond acceptors (Lipinski definition) is 3. The number of benzene rings is 1. The van der Waals surface area contributed by atoms with Crippen molar-refractivity contribution < 1.29 is 4.79 Å². The molecule has 0 saturated heterocycles. The highest BCUT2D eigenvalue weighted by Crippen LogP contribution is 2.52. The smallest absolute Gasteiger partial charge is 0.168 e. The lowest BCUT2D eigenvalue weighted by molar-refractivity contribution is -0.117. The van der Waals surface area contributed by atoms with E-state index in [1.807, 2.05) is 12.3 Å². The molecule has 5 rings (SSSR count). The van der Waals surface area contributed by atoms with E-state index in [1.165, 1.54) is 11.1 Å². The molecule has 23 heavy (non-hydrogen) atoms. The molecule has 2 unspecified atom stereocenters. The molecule has 0 bridgehead atoms. The van der Waals surface area contributed by atoms with Gasteiger partial charge in [0, 0.05) is 21.8 Å². The second-order valence-corrected chi connectivity index (χ2v) is 7.39. The lowest BCUT2D eigenvalue weighted by Gasteiger charge is -2.14. The number of ketones is 1. The molecule has 2 aliphatic rings. The zero-order valence-corrected chi connectivity index (χ0v) is 13.4. The predicted octanol–water partition coefficient (Wildman–Crippen LogP) is 4.53. The van der Waals surface area contributed by atoms with Gasteiger partial charge >= 0.3 is 0 Å². The molecule has 2 aliphatic carbocycles. The third-order valence-electron chi connectivity index (χ3n) is 5.26. The van der Waals surface area contributed by atoms with Crippen molar-refractivity contribution in [3.05, 3.63) is 52.3 Å². The number of aromatic nitrogens is 2. The monoisotopic (exact) mass is 320 g/mol. The average molecular weight is 320 g/mol. The van der Waals surface area contributed by atoms with Gasteiger partial charge in [-0.1, -0.05) is 18.6 Å². The summed E-state index contributed by atoms with van der Waals surface area (Å²) < 4.78 is 0. The predicted molar refractivity (Wildman–Crippen MR) is 93.1 cm³/mol. The highest BCUT2D eigenvalue weighted by atomic mass is 32.1. The maximum atomic E-state index is 13.0. The fraction of sp³-hybridized carbons (Fsp3) is 0.263. The molecule has 0 amide bonds. The molecule has 3 nitrogen and oxygen atoms in total. The summed E-state index contributed by atoms with van der Waals surface area (Å²) >= 11 is 1.67. The van der Waals surface area contributed by atoms with E-state index in [0.29, 0.717) is 11.7 Å². The molecular weight excluding hydrogens is 304 g/mol. The summed E-state index contributed by atoms with van der Waals surface area (Å²) in [6, 6.07) is 10.5. The van der Waals surface area contributed by atoms with Crippen molar-refractivity contribution in [1.82, 2.24) is 10.2 Å². The van der Waals surface area contributed by atoms with Crippen LogP contribution in [-0.4, -0.2) is 16.0 Å². The van der Waals surface area contributed by atoms with E-state index in [4.69, 9.17) is 0 Å². The van der Waals surface area contributed by atoms with Gasteiger partial charge in [-0.3, -0.25) is 9.89 Å². The molecule has 4 heteroatoms. The third kappa shape index (κ3) is 1.88. The fourth-order valence-corrected chi connectivity index (χ4v) is 5.06. The Kier molecular flexibility index (Phi) is 2.82. The lowest BCUT2D eigenvalue weighted by atomic mass is 9.89. The Labute approximate surface area is 138 Å². The van der Waals surface area contributed by atoms with Gasteiger partial charge in [-0.2, -0.15) is 5.10 Å². The minimum atomic E-state index is 0.196. The van der Waals surface area contributed by atoms with Crippen molar-refractivity contribution in [2.45, 2.75) is 19.3 Å². The summed E-state index contributed by atoms with van der Waals surface area (Å²) in [4.78, 5) is 14.1. The first-order valence-electron chi connectivity index (χ1n) is 8.08. The minimum Gasteiger partial charge on any atom is -0.294 e. The summed E-state index contributed by atoms with van der Waals surface area (Å²) in [5.41, 5.74) is 4.46. The van der Waals surface area contributed by atoms with Crippen molar-refractivity contribution >= 4 is 39.2 Å². The molecule has 1 N–H and O–H groups in total. The Morgan fingerprint density at radius 3 is 2.96 bits per heavy atom. The van der Waals surface area contributed by atoms with Gasteiger partial charge in [-0.05, 0) is 53.5 Å². The normalized spacial score (nSPS) is 23.9. The number of thiophene rings is 1. The maximum Gasteiger partial charge on any atom is 0.168 e. The fourth-order valence-electron chi connectivity index (χ4n) is 4.27. The van der Waals surface area contributed by atoms with E-state index < -0.39 is 0 Å². The quantitative estimate of drug-likeness (QED) is 0.754. The molecule has 2 atom stereocenters. The van der Waals surface area contributed by atoms with Crippen molar-refractivity contribution in [3.8, 4) is 0 Å². The lowest BCUT2D eigenvalue weighted by Crippen LogP contribution is -2.11. The Morgan fingerprint density at radius 2 is 2.09 bits per heavy atom. The third-order valence-corrected chi connectivity index (χ3v) is 6.15. The number of Topliss-reactive ketones (excluding diaryl/α,β-unsaturated/α-hetero) is 1. The Hall–Kier alpha value is -2.20. The van der Waals surface area contributed by atoms with Crippen LogP contribution in [0.5, 0.6) is 0 Å². The SMILES string of the molecule is O=C1C(c2cccs2)=C(c2ccc3[nH]ncc3c2)C2CCCC12. The van der Waals surface area contributed by atoms with Crippen LogP contribution in [0.1, 0.15) is 29.7 Å². The molecular formula is C19H16N2OS. The second kappa shape index (κ2) is 4.90. The van der Waals surface area contributed by atoms with Crippen molar-refractivity contribution in [3.63, 3.8) is 0 Å². The molecule has 2 aromatic heterocycles. The first-order valence-corrected chi connectivity index (χ1v) is 8.96. The van der Waals surface area contributed by atoms with Crippen molar-refractivity contribution in [2.24, 2.45) is 11.8 Å². The second-order valence-electron chi connectivity index (χ2n) is 6.45. The molecule has 0 radical (unpaired) electrons. The first kappa shape index (κ1) is 13.3. The summed E-state index contributed by atoms with van der Waals surface area (Å²) in [6.45, 7) is 0. The number of nitrogens with zero attached hydrogens (tertiary/aromatic N) is 1. The zero-order valence-electron chi connectivity index (χ0n) is 12.6. The number of nitrogens with one attached hydrogen (secondary N) is 1. The highest BCUT2D eigenvalue weighted by molar-refractivity contribution is 7.11. The Balaban J connectivity index is 1.76. The number of fused-ring (bicyclic) bond motifs is 2. The van der Waals surface area contributed by atoms with Gasteiger partial charge in [0.2, 0.25) is 0 Å². The van der Waals surface area contributed by atoms with Gasteiger partial charge in [0.15, 0.2) is 5.78 Å². The zero-order chi connectivity index (χ0) is 15.4. The number of carbonyl (C=O) groups excluding carboxylic acids is 1. The van der Waals surface area contributed by atoms with E-state index in [2.05, 4.69) is 39.8 Å². The number of allylic oxidation sites excluding steroid dienone is 2. The number of hydrogen-bond donors (Lipinski definition) is 1. The van der Waals surface area contributed by atoms with Crippen LogP contribution < -0.4 is 0 Å². The van der Waals surface area contributed by atoms with Crippen LogP contribution in [-0.2, 0) is 4.79 Å². The standard InChI is InChI=1S/C19H16N2OS/c22-19-14-4-1-3-13(14)17(18(19)16-5-2-8-23-16)11-6-7-15-12(9-11)10-20-21-15/h2,5-10,13-14H,1,3-4H2,(H,20,21). The molecule has 1 aromatic carbocycles. The van der Waals surface area contributed by atoms with Gasteiger partial charge in [0.05, 0.1) is 11.7 Å². The van der Waals surface area contributed by atoms with Gasteiger partial charge < -0.3 is 0 Å². The summed E-state index contributed by atoms with van der Waals surface area (Å²) in [6.07, 6.45) is 5.18. The van der Waals surface area contributed by atoms with Gasteiger partial charge in [-0.15, -0.1) is 11.3 Å². The van der Waals surface area contributed by atoms with Crippen LogP contribution in [0.3, 0.4) is 0 Å². The van der Waals surface area contributed by atoms with Crippen molar-refractivity contribution in [2.75, 3.05) is 0 Å². The molecule has 114 valence electrons.